The molecule has 2 bridgehead atoms. The van der Waals surface area contributed by atoms with Gasteiger partial charge in [-0.1, -0.05) is 0 Å². The molecule has 1 N–H and O–H groups in total. The Morgan fingerprint density at radius 3 is 2.62 bits per heavy atom. The van der Waals surface area contributed by atoms with Crippen LogP contribution < -0.4 is 5.32 Å². The fourth-order valence-corrected chi connectivity index (χ4v) is 1.62. The van der Waals surface area contributed by atoms with Crippen molar-refractivity contribution in [2.24, 2.45) is 0 Å². The van der Waals surface area contributed by atoms with E-state index in [9.17, 15) is 4.79 Å². The predicted molar refractivity (Wildman–Crippen MR) is 29.6 cm³/mol. The van der Waals surface area contributed by atoms with Gasteiger partial charge in [0.1, 0.15) is 0 Å². The van der Waals surface area contributed by atoms with Crippen LogP contribution in [0, 0.1) is 0 Å². The molecule has 2 heteroatoms. The molecule has 2 nitrogen and oxygen atoms in total. The molecule has 44 valence electrons. The molecule has 2 heterocycles. The van der Waals surface area contributed by atoms with Crippen LogP contribution in [-0.4, -0.2) is 17.9 Å². The van der Waals surface area contributed by atoms with Crippen LogP contribution in [0.5, 0.6) is 0 Å². The lowest BCUT2D eigenvalue weighted by atomic mass is 10.00. The summed E-state index contributed by atoms with van der Waals surface area (Å²) in [6, 6.07) is 0.799. The molecular weight excluding hydrogens is 102 g/mol. The van der Waals surface area contributed by atoms with Crippen molar-refractivity contribution in [3.63, 3.8) is 0 Å². The second-order valence-electron chi connectivity index (χ2n) is 2.66. The lowest BCUT2D eigenvalue weighted by Gasteiger charge is -2.02. The summed E-state index contributed by atoms with van der Waals surface area (Å²) in [4.78, 5) is 10.8. The van der Waals surface area contributed by atoms with Gasteiger partial charge in [-0.05, 0) is 12.8 Å². The van der Waals surface area contributed by atoms with Crippen molar-refractivity contribution in [3.05, 3.63) is 0 Å². The maximum Gasteiger partial charge on any atom is 0.151 e. The molecule has 2 saturated heterocycles. The van der Waals surface area contributed by atoms with Crippen molar-refractivity contribution >= 4 is 5.78 Å². The lowest BCUT2D eigenvalue weighted by Crippen LogP contribution is -2.22. The molecule has 0 aliphatic carbocycles. The van der Waals surface area contributed by atoms with E-state index in [1.165, 1.54) is 6.42 Å². The maximum atomic E-state index is 10.8. The molecule has 0 saturated carbocycles. The van der Waals surface area contributed by atoms with Gasteiger partial charge in [0.2, 0.25) is 0 Å². The summed E-state index contributed by atoms with van der Waals surface area (Å²) >= 11 is 0. The lowest BCUT2D eigenvalue weighted by molar-refractivity contribution is -0.119. The molecule has 2 fully saturated rings. The van der Waals surface area contributed by atoms with E-state index in [0.29, 0.717) is 11.8 Å². The molecule has 2 atom stereocenters. The third-order valence-corrected chi connectivity index (χ3v) is 2.08. The highest BCUT2D eigenvalue weighted by Gasteiger charge is 2.37. The average Bonchev–Trinajstić information content (AvgIpc) is 2.23. The van der Waals surface area contributed by atoms with Crippen LogP contribution >= 0.6 is 0 Å². The van der Waals surface area contributed by atoms with Crippen molar-refractivity contribution < 1.29 is 4.79 Å². The Bertz CT molecular complexity index is 132. The number of Topliss-reactive ketones (excluding diaryl/α,β-unsaturated/α-hetero) is 1. The first kappa shape index (κ1) is 4.50. The molecule has 2 aliphatic rings. The van der Waals surface area contributed by atoms with Crippen molar-refractivity contribution in [1.29, 1.82) is 0 Å². The summed E-state index contributed by atoms with van der Waals surface area (Å²) in [6.07, 6.45) is 3.10. The molecule has 8 heavy (non-hydrogen) atoms. The quantitative estimate of drug-likeness (QED) is 0.479. The number of rotatable bonds is 0. The van der Waals surface area contributed by atoms with Gasteiger partial charge in [0.05, 0.1) is 6.04 Å². The number of carbonyl (C=O) groups is 1. The number of fused-ring (bicyclic) bond motifs is 2. The molecule has 2 aliphatic heterocycles. The highest BCUT2D eigenvalue weighted by Crippen LogP contribution is 2.24. The van der Waals surface area contributed by atoms with E-state index < -0.39 is 0 Å². The highest BCUT2D eigenvalue weighted by molar-refractivity contribution is 5.87. The van der Waals surface area contributed by atoms with Crippen LogP contribution in [0.3, 0.4) is 0 Å². The van der Waals surface area contributed by atoms with E-state index >= 15 is 0 Å². The average molecular weight is 111 g/mol. The summed E-state index contributed by atoms with van der Waals surface area (Å²) in [5.41, 5.74) is 0. The van der Waals surface area contributed by atoms with Gasteiger partial charge in [-0.25, -0.2) is 0 Å². The van der Waals surface area contributed by atoms with Gasteiger partial charge in [0.15, 0.2) is 5.78 Å². The summed E-state index contributed by atoms with van der Waals surface area (Å²) < 4.78 is 0. The molecule has 0 amide bonds. The van der Waals surface area contributed by atoms with Crippen LogP contribution in [0.4, 0.5) is 0 Å². The Balaban J connectivity index is 2.22. The minimum atomic E-state index is 0.250. The summed E-state index contributed by atoms with van der Waals surface area (Å²) in [6.45, 7) is 0. The Hall–Kier alpha value is -0.370. The zero-order valence-electron chi connectivity index (χ0n) is 4.68. The number of hydrogen-bond acceptors (Lipinski definition) is 2. The van der Waals surface area contributed by atoms with E-state index in [1.807, 2.05) is 0 Å². The third kappa shape index (κ3) is 0.436. The SMILES string of the molecule is O=C1C[C@H]2CC[C@@H]1N2. The van der Waals surface area contributed by atoms with Crippen molar-refractivity contribution in [1.82, 2.24) is 5.32 Å². The van der Waals surface area contributed by atoms with E-state index in [0.717, 1.165) is 12.8 Å². The predicted octanol–water partition coefficient (Wildman–Crippen LogP) is 0.0798. The van der Waals surface area contributed by atoms with Crippen LogP contribution in [-0.2, 0) is 4.79 Å². The monoisotopic (exact) mass is 111 g/mol. The smallest absolute Gasteiger partial charge is 0.151 e. The summed E-state index contributed by atoms with van der Waals surface area (Å²) in [5.74, 6) is 0.432. The molecule has 0 aromatic rings. The normalized spacial score (nSPS) is 43.8. The van der Waals surface area contributed by atoms with Gasteiger partial charge in [-0.15, -0.1) is 0 Å². The Morgan fingerprint density at radius 1 is 1.50 bits per heavy atom. The van der Waals surface area contributed by atoms with Crippen molar-refractivity contribution in [2.45, 2.75) is 31.3 Å². The molecule has 0 radical (unpaired) electrons. The van der Waals surface area contributed by atoms with Crippen LogP contribution in [0.15, 0.2) is 0 Å². The second kappa shape index (κ2) is 1.32. The van der Waals surface area contributed by atoms with Gasteiger partial charge in [0.25, 0.3) is 0 Å². The molecular formula is C6H9NO. The van der Waals surface area contributed by atoms with Crippen molar-refractivity contribution in [2.75, 3.05) is 0 Å². The first-order valence-corrected chi connectivity index (χ1v) is 3.15. The topological polar surface area (TPSA) is 29.1 Å². The second-order valence-corrected chi connectivity index (χ2v) is 2.66. The van der Waals surface area contributed by atoms with Gasteiger partial charge in [0, 0.05) is 12.5 Å². The maximum absolute atomic E-state index is 10.8. The Morgan fingerprint density at radius 2 is 2.38 bits per heavy atom. The van der Waals surface area contributed by atoms with Gasteiger partial charge in [-0.2, -0.15) is 0 Å². The summed E-state index contributed by atoms with van der Waals surface area (Å²) in [5, 5.41) is 3.23. The highest BCUT2D eigenvalue weighted by atomic mass is 16.1. The van der Waals surface area contributed by atoms with E-state index in [-0.39, 0.29) is 6.04 Å². The molecule has 0 unspecified atom stereocenters. The molecule has 0 aromatic carbocycles. The zero-order chi connectivity index (χ0) is 5.56. The minimum absolute atomic E-state index is 0.250. The van der Waals surface area contributed by atoms with Gasteiger partial charge >= 0.3 is 0 Å². The Kier molecular flexibility index (Phi) is 0.742. The standard InChI is InChI=1S/C6H9NO/c8-6-3-4-1-2-5(6)7-4/h4-5,7H,1-3H2/t4-,5+/m1/s1. The largest absolute Gasteiger partial charge is 0.304 e. The first-order chi connectivity index (χ1) is 3.86. The number of hydrogen-bond donors (Lipinski definition) is 1. The number of ketones is 1. The van der Waals surface area contributed by atoms with Crippen LogP contribution in [0.2, 0.25) is 0 Å². The third-order valence-electron chi connectivity index (χ3n) is 2.08. The fourth-order valence-electron chi connectivity index (χ4n) is 1.62. The first-order valence-electron chi connectivity index (χ1n) is 3.15. The fraction of sp³-hybridized carbons (Fsp3) is 0.833. The van der Waals surface area contributed by atoms with Gasteiger partial charge < -0.3 is 5.32 Å². The van der Waals surface area contributed by atoms with Crippen LogP contribution in [0.25, 0.3) is 0 Å². The minimum Gasteiger partial charge on any atom is -0.304 e. The van der Waals surface area contributed by atoms with Crippen molar-refractivity contribution in [3.8, 4) is 0 Å². The van der Waals surface area contributed by atoms with Gasteiger partial charge in [-0.3, -0.25) is 4.79 Å². The van der Waals surface area contributed by atoms with E-state index in [4.69, 9.17) is 0 Å². The number of nitrogens with one attached hydrogen (secondary N) is 1. The molecule has 0 aromatic heterocycles. The Labute approximate surface area is 48.3 Å². The van der Waals surface area contributed by atoms with E-state index in [2.05, 4.69) is 5.32 Å². The summed E-state index contributed by atoms with van der Waals surface area (Å²) in [7, 11) is 0. The van der Waals surface area contributed by atoms with E-state index in [1.54, 1.807) is 0 Å². The molecule has 0 spiro atoms. The van der Waals surface area contributed by atoms with Crippen LogP contribution in [0.1, 0.15) is 19.3 Å². The zero-order valence-corrected chi connectivity index (χ0v) is 4.68. The number of carbonyl (C=O) groups excluding carboxylic acids is 1. The molecule has 2 rings (SSSR count).